The molecule has 0 spiro atoms. The first kappa shape index (κ1) is 13.9. The van der Waals surface area contributed by atoms with Crippen LogP contribution in [0.25, 0.3) is 0 Å². The molecule has 2 aromatic rings. The Kier molecular flexibility index (Phi) is 3.89. The number of amides is 1. The third-order valence-corrected chi connectivity index (χ3v) is 2.92. The maximum absolute atomic E-state index is 13.1. The van der Waals surface area contributed by atoms with Gasteiger partial charge in [0, 0.05) is 19.2 Å². The molecule has 20 heavy (non-hydrogen) atoms. The van der Waals surface area contributed by atoms with Gasteiger partial charge in [0.2, 0.25) is 0 Å². The summed E-state index contributed by atoms with van der Waals surface area (Å²) < 4.78 is 13.1. The van der Waals surface area contributed by atoms with Crippen molar-refractivity contribution in [3.63, 3.8) is 0 Å². The van der Waals surface area contributed by atoms with Gasteiger partial charge in [-0.05, 0) is 35.9 Å². The Balaban J connectivity index is 2.14. The number of benzene rings is 2. The van der Waals surface area contributed by atoms with Gasteiger partial charge in [0.05, 0.1) is 5.69 Å². The van der Waals surface area contributed by atoms with Crippen LogP contribution in [0.1, 0.15) is 15.9 Å². The van der Waals surface area contributed by atoms with E-state index < -0.39 is 5.82 Å². The molecule has 0 fully saturated rings. The second-order valence-corrected chi connectivity index (χ2v) is 4.57. The van der Waals surface area contributed by atoms with Crippen molar-refractivity contribution < 1.29 is 14.3 Å². The van der Waals surface area contributed by atoms with Gasteiger partial charge in [-0.25, -0.2) is 4.39 Å². The van der Waals surface area contributed by atoms with E-state index in [2.05, 4.69) is 0 Å². The van der Waals surface area contributed by atoms with Crippen LogP contribution in [-0.4, -0.2) is 23.0 Å². The minimum absolute atomic E-state index is 0.0541. The molecular weight excluding hydrogens is 259 g/mol. The van der Waals surface area contributed by atoms with E-state index in [1.807, 2.05) is 6.07 Å². The van der Waals surface area contributed by atoms with Gasteiger partial charge in [0.1, 0.15) is 11.6 Å². The number of phenolic OH excluding ortho intramolecular Hbond substituents is 1. The summed E-state index contributed by atoms with van der Waals surface area (Å²) in [5, 5.41) is 9.39. The van der Waals surface area contributed by atoms with Gasteiger partial charge in [-0.15, -0.1) is 0 Å². The number of hydrogen-bond acceptors (Lipinski definition) is 3. The summed E-state index contributed by atoms with van der Waals surface area (Å²) in [5.74, 6) is -0.661. The summed E-state index contributed by atoms with van der Waals surface area (Å²) in [6, 6.07) is 10.5. The molecule has 0 unspecified atom stereocenters. The highest BCUT2D eigenvalue weighted by atomic mass is 19.1. The fraction of sp³-hybridized carbons (Fsp3) is 0.133. The average Bonchev–Trinajstić information content (AvgIpc) is 2.41. The Labute approximate surface area is 116 Å². The maximum Gasteiger partial charge on any atom is 0.253 e. The molecule has 5 heteroatoms. The van der Waals surface area contributed by atoms with E-state index in [4.69, 9.17) is 5.73 Å². The molecule has 0 heterocycles. The van der Waals surface area contributed by atoms with Crippen LogP contribution in [0, 0.1) is 5.82 Å². The molecule has 0 bridgehead atoms. The number of anilines is 1. The number of aromatic hydroxyl groups is 1. The van der Waals surface area contributed by atoms with Crippen LogP contribution in [0.3, 0.4) is 0 Å². The van der Waals surface area contributed by atoms with E-state index in [1.54, 1.807) is 25.2 Å². The summed E-state index contributed by atoms with van der Waals surface area (Å²) in [5.41, 5.74) is 6.53. The predicted molar refractivity (Wildman–Crippen MR) is 74.7 cm³/mol. The molecule has 3 N–H and O–H groups in total. The molecule has 0 radical (unpaired) electrons. The van der Waals surface area contributed by atoms with Crippen molar-refractivity contribution in [2.24, 2.45) is 0 Å². The molecule has 2 rings (SSSR count). The second kappa shape index (κ2) is 5.61. The van der Waals surface area contributed by atoms with Crippen LogP contribution < -0.4 is 5.73 Å². The van der Waals surface area contributed by atoms with Gasteiger partial charge in [-0.3, -0.25) is 4.79 Å². The van der Waals surface area contributed by atoms with Crippen molar-refractivity contribution in [3.8, 4) is 5.75 Å². The Hall–Kier alpha value is -2.56. The van der Waals surface area contributed by atoms with Crippen molar-refractivity contribution in [2.75, 3.05) is 12.8 Å². The zero-order chi connectivity index (χ0) is 14.7. The maximum atomic E-state index is 13.1. The second-order valence-electron chi connectivity index (χ2n) is 4.57. The lowest BCUT2D eigenvalue weighted by Crippen LogP contribution is -2.26. The van der Waals surface area contributed by atoms with Crippen LogP contribution in [0.4, 0.5) is 10.1 Å². The van der Waals surface area contributed by atoms with E-state index in [0.29, 0.717) is 12.1 Å². The third-order valence-electron chi connectivity index (χ3n) is 2.92. The smallest absolute Gasteiger partial charge is 0.253 e. The lowest BCUT2D eigenvalue weighted by Gasteiger charge is -2.17. The zero-order valence-electron chi connectivity index (χ0n) is 11.0. The quantitative estimate of drug-likeness (QED) is 0.844. The summed E-state index contributed by atoms with van der Waals surface area (Å²) >= 11 is 0. The van der Waals surface area contributed by atoms with Crippen molar-refractivity contribution >= 4 is 11.6 Å². The van der Waals surface area contributed by atoms with Crippen molar-refractivity contribution in [2.45, 2.75) is 6.54 Å². The van der Waals surface area contributed by atoms with Gasteiger partial charge in [0.25, 0.3) is 5.91 Å². The molecule has 0 aromatic heterocycles. The molecule has 1 amide bonds. The monoisotopic (exact) mass is 274 g/mol. The van der Waals surface area contributed by atoms with Gasteiger partial charge in [-0.1, -0.05) is 12.1 Å². The Morgan fingerprint density at radius 3 is 2.70 bits per heavy atom. The van der Waals surface area contributed by atoms with E-state index in [1.165, 1.54) is 23.1 Å². The first-order chi connectivity index (χ1) is 9.47. The number of nitrogens with zero attached hydrogens (tertiary/aromatic N) is 1. The molecule has 0 saturated heterocycles. The molecule has 4 nitrogen and oxygen atoms in total. The summed E-state index contributed by atoms with van der Waals surface area (Å²) in [4.78, 5) is 13.7. The lowest BCUT2D eigenvalue weighted by atomic mass is 10.1. The van der Waals surface area contributed by atoms with E-state index in [0.717, 1.165) is 5.56 Å². The molecule has 104 valence electrons. The highest BCUT2D eigenvalue weighted by molar-refractivity contribution is 5.94. The van der Waals surface area contributed by atoms with Crippen LogP contribution in [-0.2, 0) is 6.54 Å². The minimum atomic E-state index is -0.544. The topological polar surface area (TPSA) is 66.6 Å². The van der Waals surface area contributed by atoms with Crippen molar-refractivity contribution in [1.82, 2.24) is 4.90 Å². The molecule has 0 saturated carbocycles. The first-order valence-electron chi connectivity index (χ1n) is 6.06. The number of nitrogens with two attached hydrogens (primary N) is 1. The molecule has 0 atom stereocenters. The first-order valence-corrected chi connectivity index (χ1v) is 6.06. The van der Waals surface area contributed by atoms with Crippen LogP contribution >= 0.6 is 0 Å². The van der Waals surface area contributed by atoms with Crippen LogP contribution in [0.5, 0.6) is 5.75 Å². The molecule has 0 aliphatic heterocycles. The molecule has 0 aliphatic rings. The third kappa shape index (κ3) is 3.06. The van der Waals surface area contributed by atoms with E-state index in [9.17, 15) is 14.3 Å². The normalized spacial score (nSPS) is 10.3. The molecular formula is C15H15FN2O2. The fourth-order valence-electron chi connectivity index (χ4n) is 1.90. The number of hydrogen-bond donors (Lipinski definition) is 2. The minimum Gasteiger partial charge on any atom is -0.508 e. The number of rotatable bonds is 3. The summed E-state index contributed by atoms with van der Waals surface area (Å²) in [7, 11) is 1.63. The lowest BCUT2D eigenvalue weighted by molar-refractivity contribution is 0.0785. The van der Waals surface area contributed by atoms with E-state index >= 15 is 0 Å². The molecule has 0 aliphatic carbocycles. The summed E-state index contributed by atoms with van der Waals surface area (Å²) in [6.45, 7) is 0.338. The van der Waals surface area contributed by atoms with Crippen LogP contribution in [0.15, 0.2) is 42.5 Å². The number of phenols is 1. The zero-order valence-corrected chi connectivity index (χ0v) is 11.0. The highest BCUT2D eigenvalue weighted by Gasteiger charge is 2.13. The largest absolute Gasteiger partial charge is 0.508 e. The van der Waals surface area contributed by atoms with Crippen molar-refractivity contribution in [3.05, 3.63) is 59.4 Å². The SMILES string of the molecule is CN(Cc1cccc(O)c1)C(=O)c1ccc(F)c(N)c1. The number of carbonyl (C=O) groups excluding carboxylic acids is 1. The number of halogens is 1. The van der Waals surface area contributed by atoms with Crippen LogP contribution in [0.2, 0.25) is 0 Å². The average molecular weight is 274 g/mol. The van der Waals surface area contributed by atoms with E-state index in [-0.39, 0.29) is 17.3 Å². The Bertz CT molecular complexity index is 644. The summed E-state index contributed by atoms with van der Waals surface area (Å²) in [6.07, 6.45) is 0. The van der Waals surface area contributed by atoms with Gasteiger partial charge in [-0.2, -0.15) is 0 Å². The van der Waals surface area contributed by atoms with Gasteiger partial charge >= 0.3 is 0 Å². The fourth-order valence-corrected chi connectivity index (χ4v) is 1.90. The predicted octanol–water partition coefficient (Wildman–Crippen LogP) is 2.39. The number of nitrogen functional groups attached to an aromatic ring is 1. The highest BCUT2D eigenvalue weighted by Crippen LogP contribution is 2.16. The van der Waals surface area contributed by atoms with Gasteiger partial charge in [0.15, 0.2) is 0 Å². The van der Waals surface area contributed by atoms with Crippen molar-refractivity contribution in [1.29, 1.82) is 0 Å². The number of carbonyl (C=O) groups is 1. The standard InChI is InChI=1S/C15H15FN2O2/c1-18(9-10-3-2-4-12(19)7-10)15(20)11-5-6-13(16)14(17)8-11/h2-8,19H,9,17H2,1H3. The molecule has 2 aromatic carbocycles. The van der Waals surface area contributed by atoms with Gasteiger partial charge < -0.3 is 15.7 Å². The Morgan fingerprint density at radius 2 is 2.05 bits per heavy atom. The Morgan fingerprint density at radius 1 is 1.30 bits per heavy atom.